The Morgan fingerprint density at radius 3 is 2.39 bits per heavy atom. The molecule has 1 aliphatic carbocycles. The Morgan fingerprint density at radius 2 is 1.89 bits per heavy atom. The largest absolute Gasteiger partial charge is 0.393 e. The number of nitrogens with zero attached hydrogens (tertiary/aromatic N) is 1. The second-order valence-electron chi connectivity index (χ2n) is 6.82. The summed E-state index contributed by atoms with van der Waals surface area (Å²) in [4.78, 5) is 1.64. The number of hydrogen-bond donors (Lipinski definition) is 1. The maximum atomic E-state index is 12.3. The fraction of sp³-hybridized carbons (Fsp3) is 1.00. The molecule has 0 saturated heterocycles. The Morgan fingerprint density at radius 1 is 1.28 bits per heavy atom. The number of aliphatic hydroxyl groups is 1. The average molecular weight is 263 g/mol. The third kappa shape index (κ3) is 4.81. The minimum Gasteiger partial charge on any atom is -0.393 e. The van der Waals surface area contributed by atoms with Gasteiger partial charge in [0.2, 0.25) is 0 Å². The van der Waals surface area contributed by atoms with Crippen LogP contribution in [0.4, 0.5) is 8.78 Å². The zero-order valence-electron chi connectivity index (χ0n) is 12.0. The van der Waals surface area contributed by atoms with E-state index in [1.54, 1.807) is 11.9 Å². The monoisotopic (exact) mass is 263 g/mol. The van der Waals surface area contributed by atoms with Crippen LogP contribution in [0, 0.1) is 17.3 Å². The predicted octanol–water partition coefficient (Wildman–Crippen LogP) is 3.01. The highest BCUT2D eigenvalue weighted by Crippen LogP contribution is 2.40. The van der Waals surface area contributed by atoms with Crippen LogP contribution in [0.1, 0.15) is 40.0 Å². The quantitative estimate of drug-likeness (QED) is 0.843. The number of rotatable bonds is 4. The van der Waals surface area contributed by atoms with Crippen LogP contribution in [0.2, 0.25) is 0 Å². The van der Waals surface area contributed by atoms with Crippen LogP contribution in [0.15, 0.2) is 0 Å². The van der Waals surface area contributed by atoms with E-state index < -0.39 is 6.43 Å². The van der Waals surface area contributed by atoms with E-state index in [9.17, 15) is 13.9 Å². The first kappa shape index (κ1) is 15.8. The third-order valence-corrected chi connectivity index (χ3v) is 4.16. The van der Waals surface area contributed by atoms with Crippen LogP contribution >= 0.6 is 0 Å². The minimum atomic E-state index is -2.30. The molecule has 0 spiro atoms. The van der Waals surface area contributed by atoms with E-state index in [0.29, 0.717) is 12.5 Å². The highest BCUT2D eigenvalue weighted by atomic mass is 19.3. The smallest absolute Gasteiger partial charge is 0.251 e. The number of aliphatic hydroxyl groups excluding tert-OH is 1. The predicted molar refractivity (Wildman–Crippen MR) is 69.8 cm³/mol. The molecule has 4 heteroatoms. The van der Waals surface area contributed by atoms with Gasteiger partial charge in [-0.3, -0.25) is 0 Å². The molecule has 1 fully saturated rings. The summed E-state index contributed by atoms with van der Waals surface area (Å²) >= 11 is 0. The van der Waals surface area contributed by atoms with Gasteiger partial charge in [0.1, 0.15) is 0 Å². The molecule has 0 aliphatic heterocycles. The van der Waals surface area contributed by atoms with Gasteiger partial charge < -0.3 is 10.0 Å². The molecule has 0 heterocycles. The van der Waals surface area contributed by atoms with Gasteiger partial charge in [0.05, 0.1) is 12.6 Å². The molecule has 1 N–H and O–H groups in total. The van der Waals surface area contributed by atoms with Crippen molar-refractivity contribution in [2.45, 2.75) is 52.6 Å². The number of halogens is 2. The summed E-state index contributed by atoms with van der Waals surface area (Å²) in [7, 11) is 1.71. The van der Waals surface area contributed by atoms with Gasteiger partial charge in [0.15, 0.2) is 0 Å². The van der Waals surface area contributed by atoms with Crippen molar-refractivity contribution in [1.82, 2.24) is 4.90 Å². The molecule has 0 bridgehead atoms. The van der Waals surface area contributed by atoms with Crippen molar-refractivity contribution in [3.8, 4) is 0 Å². The van der Waals surface area contributed by atoms with E-state index in [1.807, 2.05) is 0 Å². The van der Waals surface area contributed by atoms with Crippen LogP contribution in [0.3, 0.4) is 0 Å². The molecular formula is C14H27F2NO. The summed E-state index contributed by atoms with van der Waals surface area (Å²) in [5.41, 5.74) is 0.236. The lowest BCUT2D eigenvalue weighted by Crippen LogP contribution is -2.41. The van der Waals surface area contributed by atoms with Crippen molar-refractivity contribution in [1.29, 1.82) is 0 Å². The molecule has 1 rings (SSSR count). The van der Waals surface area contributed by atoms with Crippen LogP contribution < -0.4 is 0 Å². The fourth-order valence-electron chi connectivity index (χ4n) is 2.94. The van der Waals surface area contributed by atoms with Crippen LogP contribution in [0.5, 0.6) is 0 Å². The molecule has 3 unspecified atom stereocenters. The molecule has 0 radical (unpaired) electrons. The van der Waals surface area contributed by atoms with E-state index in [0.717, 1.165) is 19.3 Å². The van der Waals surface area contributed by atoms with Crippen molar-refractivity contribution >= 4 is 0 Å². The second-order valence-corrected chi connectivity index (χ2v) is 6.82. The SMILES string of the molecule is CN(CC(F)F)CC1CC(C(C)(C)C)CCC1O. The highest BCUT2D eigenvalue weighted by Gasteiger charge is 2.35. The standard InChI is InChI=1S/C14H27F2NO/c1-14(2,3)11-5-6-12(18)10(7-11)8-17(4)9-13(15)16/h10-13,18H,5-9H2,1-4H3. The van der Waals surface area contributed by atoms with Crippen LogP contribution in [-0.4, -0.2) is 42.7 Å². The Labute approximate surface area is 109 Å². The summed E-state index contributed by atoms with van der Waals surface area (Å²) in [6, 6.07) is 0. The first-order chi connectivity index (χ1) is 8.20. The maximum Gasteiger partial charge on any atom is 0.251 e. The van der Waals surface area contributed by atoms with Gasteiger partial charge in [-0.1, -0.05) is 20.8 Å². The zero-order chi connectivity index (χ0) is 13.9. The van der Waals surface area contributed by atoms with Crippen molar-refractivity contribution < 1.29 is 13.9 Å². The topological polar surface area (TPSA) is 23.5 Å². The van der Waals surface area contributed by atoms with Crippen molar-refractivity contribution in [2.24, 2.45) is 17.3 Å². The summed E-state index contributed by atoms with van der Waals surface area (Å²) in [6.07, 6.45) is 0.158. The van der Waals surface area contributed by atoms with E-state index >= 15 is 0 Å². The molecule has 0 amide bonds. The molecule has 108 valence electrons. The molecule has 0 aromatic heterocycles. The Hall–Kier alpha value is -0.220. The summed E-state index contributed by atoms with van der Waals surface area (Å²) < 4.78 is 24.6. The summed E-state index contributed by atoms with van der Waals surface area (Å²) in [6.45, 7) is 7.02. The average Bonchev–Trinajstić information content (AvgIpc) is 2.18. The van der Waals surface area contributed by atoms with E-state index in [4.69, 9.17) is 0 Å². The van der Waals surface area contributed by atoms with Gasteiger partial charge in [0, 0.05) is 6.54 Å². The van der Waals surface area contributed by atoms with Gasteiger partial charge in [-0.25, -0.2) is 8.78 Å². The molecule has 18 heavy (non-hydrogen) atoms. The lowest BCUT2D eigenvalue weighted by Gasteiger charge is -2.41. The van der Waals surface area contributed by atoms with Crippen LogP contribution in [-0.2, 0) is 0 Å². The Balaban J connectivity index is 2.52. The number of hydrogen-bond acceptors (Lipinski definition) is 2. The molecule has 0 aromatic rings. The van der Waals surface area contributed by atoms with E-state index in [1.165, 1.54) is 0 Å². The fourth-order valence-corrected chi connectivity index (χ4v) is 2.94. The van der Waals surface area contributed by atoms with Crippen molar-refractivity contribution in [3.63, 3.8) is 0 Å². The lowest BCUT2D eigenvalue weighted by atomic mass is 9.68. The Bertz CT molecular complexity index is 253. The molecule has 1 aliphatic rings. The first-order valence-electron chi connectivity index (χ1n) is 6.85. The summed E-state index contributed by atoms with van der Waals surface area (Å²) in [5.74, 6) is 0.706. The van der Waals surface area contributed by atoms with Gasteiger partial charge in [-0.05, 0) is 43.6 Å². The number of alkyl halides is 2. The van der Waals surface area contributed by atoms with Crippen molar-refractivity contribution in [3.05, 3.63) is 0 Å². The van der Waals surface area contributed by atoms with E-state index in [-0.39, 0.29) is 24.0 Å². The third-order valence-electron chi connectivity index (χ3n) is 4.16. The molecule has 3 atom stereocenters. The first-order valence-corrected chi connectivity index (χ1v) is 6.85. The molecule has 1 saturated carbocycles. The highest BCUT2D eigenvalue weighted by molar-refractivity contribution is 4.86. The van der Waals surface area contributed by atoms with Gasteiger partial charge in [0.25, 0.3) is 6.43 Å². The minimum absolute atomic E-state index is 0.131. The van der Waals surface area contributed by atoms with Gasteiger partial charge in [-0.2, -0.15) is 0 Å². The van der Waals surface area contributed by atoms with E-state index in [2.05, 4.69) is 20.8 Å². The normalized spacial score (nSPS) is 30.2. The van der Waals surface area contributed by atoms with Gasteiger partial charge >= 0.3 is 0 Å². The molecular weight excluding hydrogens is 236 g/mol. The lowest BCUT2D eigenvalue weighted by molar-refractivity contribution is -0.00136. The van der Waals surface area contributed by atoms with Gasteiger partial charge in [-0.15, -0.1) is 0 Å². The second kappa shape index (κ2) is 6.29. The summed E-state index contributed by atoms with van der Waals surface area (Å²) in [5, 5.41) is 10.0. The zero-order valence-corrected chi connectivity index (χ0v) is 12.0. The maximum absolute atomic E-state index is 12.3. The Kier molecular flexibility index (Phi) is 5.53. The molecule has 0 aromatic carbocycles. The van der Waals surface area contributed by atoms with Crippen molar-refractivity contribution in [2.75, 3.05) is 20.1 Å². The molecule has 2 nitrogen and oxygen atoms in total. The van der Waals surface area contributed by atoms with Crippen LogP contribution in [0.25, 0.3) is 0 Å².